The van der Waals surface area contributed by atoms with Gasteiger partial charge in [-0.2, -0.15) is 4.98 Å². The van der Waals surface area contributed by atoms with Gasteiger partial charge in [-0.1, -0.05) is 17.3 Å². The number of aryl methyl sites for hydroxylation is 2. The molecule has 35 heavy (non-hydrogen) atoms. The summed E-state index contributed by atoms with van der Waals surface area (Å²) in [7, 11) is 0. The van der Waals surface area contributed by atoms with Crippen molar-refractivity contribution in [2.75, 3.05) is 38.2 Å². The molecule has 0 unspecified atom stereocenters. The zero-order valence-electron chi connectivity index (χ0n) is 19.7. The molecule has 1 N–H and O–H groups in total. The van der Waals surface area contributed by atoms with Gasteiger partial charge >= 0.3 is 0 Å². The summed E-state index contributed by atoms with van der Waals surface area (Å²) in [6.45, 7) is 7.15. The number of nitrogens with one attached hydrogen (secondary N) is 1. The van der Waals surface area contributed by atoms with Crippen LogP contribution in [0.4, 0.5) is 10.1 Å². The van der Waals surface area contributed by atoms with Gasteiger partial charge in [0.25, 0.3) is 0 Å². The van der Waals surface area contributed by atoms with E-state index in [1.807, 2.05) is 18.2 Å². The third-order valence-electron chi connectivity index (χ3n) is 6.28. The number of benzene rings is 2. The molecule has 0 atom stereocenters. The van der Waals surface area contributed by atoms with Crippen molar-refractivity contribution in [3.05, 3.63) is 65.9 Å². The van der Waals surface area contributed by atoms with Gasteiger partial charge in [-0.3, -0.25) is 9.69 Å². The van der Waals surface area contributed by atoms with Crippen molar-refractivity contribution in [1.82, 2.24) is 19.6 Å². The molecular formula is C26H28FN5O3. The maximum absolute atomic E-state index is 13.8. The SMILES string of the molecule is Cc1ccc(-c2noc(CCC(=O)Nc3ccc4c(ccn4CCN4CCOCC4)c3)n2)cc1F. The lowest BCUT2D eigenvalue weighted by Gasteiger charge is -2.26. The van der Waals surface area contributed by atoms with Crippen LogP contribution in [0.25, 0.3) is 22.3 Å². The number of hydrogen-bond donors (Lipinski definition) is 1. The second-order valence-corrected chi connectivity index (χ2v) is 8.76. The zero-order chi connectivity index (χ0) is 24.2. The maximum Gasteiger partial charge on any atom is 0.227 e. The number of morpholine rings is 1. The first-order chi connectivity index (χ1) is 17.0. The third-order valence-corrected chi connectivity index (χ3v) is 6.28. The van der Waals surface area contributed by atoms with Crippen LogP contribution >= 0.6 is 0 Å². The molecule has 0 aliphatic carbocycles. The number of aromatic nitrogens is 3. The highest BCUT2D eigenvalue weighted by atomic mass is 19.1. The Morgan fingerprint density at radius 2 is 1.97 bits per heavy atom. The molecule has 2 aromatic heterocycles. The highest BCUT2D eigenvalue weighted by Gasteiger charge is 2.13. The Morgan fingerprint density at radius 3 is 2.80 bits per heavy atom. The van der Waals surface area contributed by atoms with E-state index in [4.69, 9.17) is 9.26 Å². The van der Waals surface area contributed by atoms with Crippen molar-refractivity contribution in [2.24, 2.45) is 0 Å². The van der Waals surface area contributed by atoms with Crippen molar-refractivity contribution in [3.8, 4) is 11.4 Å². The lowest BCUT2D eigenvalue weighted by atomic mass is 10.1. The normalized spacial score (nSPS) is 14.5. The van der Waals surface area contributed by atoms with Gasteiger partial charge in [-0.05, 0) is 42.8 Å². The van der Waals surface area contributed by atoms with Crippen molar-refractivity contribution in [3.63, 3.8) is 0 Å². The number of nitrogens with zero attached hydrogens (tertiary/aromatic N) is 4. The van der Waals surface area contributed by atoms with Gasteiger partial charge in [0.1, 0.15) is 5.82 Å². The summed E-state index contributed by atoms with van der Waals surface area (Å²) in [5.41, 5.74) is 2.98. The third kappa shape index (κ3) is 5.58. The minimum Gasteiger partial charge on any atom is -0.379 e. The first kappa shape index (κ1) is 23.2. The van der Waals surface area contributed by atoms with Crippen LogP contribution in [0, 0.1) is 12.7 Å². The van der Waals surface area contributed by atoms with E-state index >= 15 is 0 Å². The molecule has 8 nitrogen and oxygen atoms in total. The molecule has 0 bridgehead atoms. The van der Waals surface area contributed by atoms with Gasteiger partial charge in [-0.15, -0.1) is 0 Å². The standard InChI is InChI=1S/C26H28FN5O3/c1-18-2-3-20(17-22(18)27)26-29-25(35-30-26)7-6-24(33)28-21-4-5-23-19(16-21)8-9-32(23)11-10-31-12-14-34-15-13-31/h2-5,8-9,16-17H,6-7,10-15H2,1H3,(H,28,33). The van der Waals surface area contributed by atoms with Gasteiger partial charge in [-0.25, -0.2) is 4.39 Å². The Kier molecular flexibility index (Phi) is 6.87. The van der Waals surface area contributed by atoms with E-state index < -0.39 is 0 Å². The summed E-state index contributed by atoms with van der Waals surface area (Å²) in [5.74, 6) is 0.182. The Labute approximate surface area is 202 Å². The van der Waals surface area contributed by atoms with Crippen LogP contribution in [0.1, 0.15) is 17.9 Å². The molecule has 0 spiro atoms. The molecule has 4 aromatic rings. The van der Waals surface area contributed by atoms with Crippen LogP contribution in [-0.2, 0) is 22.5 Å². The van der Waals surface area contributed by atoms with Gasteiger partial charge in [0.2, 0.25) is 17.6 Å². The second-order valence-electron chi connectivity index (χ2n) is 8.76. The Bertz CT molecular complexity index is 1330. The maximum atomic E-state index is 13.8. The van der Waals surface area contributed by atoms with Crippen LogP contribution in [0.5, 0.6) is 0 Å². The summed E-state index contributed by atoms with van der Waals surface area (Å²) in [4.78, 5) is 19.2. The molecule has 1 saturated heterocycles. The number of halogens is 1. The molecule has 3 heterocycles. The first-order valence-corrected chi connectivity index (χ1v) is 11.8. The smallest absolute Gasteiger partial charge is 0.227 e. The molecule has 1 amide bonds. The predicted molar refractivity (Wildman–Crippen MR) is 131 cm³/mol. The molecule has 1 fully saturated rings. The Balaban J connectivity index is 1.15. The van der Waals surface area contributed by atoms with Crippen LogP contribution in [0.15, 0.2) is 53.2 Å². The number of carbonyl (C=O) groups excluding carboxylic acids is 1. The molecule has 1 aliphatic rings. The van der Waals surface area contributed by atoms with Gasteiger partial charge in [0, 0.05) is 67.4 Å². The van der Waals surface area contributed by atoms with Crippen molar-refractivity contribution in [2.45, 2.75) is 26.3 Å². The monoisotopic (exact) mass is 477 g/mol. The number of fused-ring (bicyclic) bond motifs is 1. The van der Waals surface area contributed by atoms with Crippen molar-refractivity contribution >= 4 is 22.5 Å². The molecule has 5 rings (SSSR count). The highest BCUT2D eigenvalue weighted by Crippen LogP contribution is 2.22. The molecule has 0 saturated carbocycles. The number of ether oxygens (including phenoxy) is 1. The predicted octanol–water partition coefficient (Wildman–Crippen LogP) is 4.04. The van der Waals surface area contributed by atoms with E-state index in [1.54, 1.807) is 19.1 Å². The summed E-state index contributed by atoms with van der Waals surface area (Å²) < 4.78 is 26.7. The average molecular weight is 478 g/mol. The Hall–Kier alpha value is -3.56. The lowest BCUT2D eigenvalue weighted by molar-refractivity contribution is -0.116. The fourth-order valence-corrected chi connectivity index (χ4v) is 4.20. The fourth-order valence-electron chi connectivity index (χ4n) is 4.20. The summed E-state index contributed by atoms with van der Waals surface area (Å²) in [6.07, 6.45) is 2.58. The van der Waals surface area contributed by atoms with Gasteiger partial charge < -0.3 is 19.1 Å². The molecule has 1 aliphatic heterocycles. The van der Waals surface area contributed by atoms with Crippen molar-refractivity contribution in [1.29, 1.82) is 0 Å². The topological polar surface area (TPSA) is 85.4 Å². The van der Waals surface area contributed by atoms with E-state index in [0.717, 1.165) is 56.0 Å². The molecule has 182 valence electrons. The largest absolute Gasteiger partial charge is 0.379 e. The summed E-state index contributed by atoms with van der Waals surface area (Å²) >= 11 is 0. The number of rotatable bonds is 8. The molecule has 2 aromatic carbocycles. The minimum absolute atomic E-state index is 0.141. The van der Waals surface area contributed by atoms with Crippen LogP contribution < -0.4 is 5.32 Å². The van der Waals surface area contributed by atoms with E-state index in [1.165, 1.54) is 6.07 Å². The van der Waals surface area contributed by atoms with Crippen LogP contribution in [-0.4, -0.2) is 58.4 Å². The summed E-state index contributed by atoms with van der Waals surface area (Å²) in [5, 5.41) is 7.92. The van der Waals surface area contributed by atoms with E-state index in [0.29, 0.717) is 29.3 Å². The lowest BCUT2D eigenvalue weighted by Crippen LogP contribution is -2.38. The van der Waals surface area contributed by atoms with E-state index in [-0.39, 0.29) is 18.1 Å². The number of amides is 1. The van der Waals surface area contributed by atoms with Crippen LogP contribution in [0.2, 0.25) is 0 Å². The number of anilines is 1. The van der Waals surface area contributed by atoms with Gasteiger partial charge in [0.15, 0.2) is 0 Å². The highest BCUT2D eigenvalue weighted by molar-refractivity contribution is 5.94. The van der Waals surface area contributed by atoms with Gasteiger partial charge in [0.05, 0.1) is 13.2 Å². The number of hydrogen-bond acceptors (Lipinski definition) is 6. The van der Waals surface area contributed by atoms with E-state index in [2.05, 4.69) is 37.2 Å². The summed E-state index contributed by atoms with van der Waals surface area (Å²) in [6, 6.07) is 12.8. The second kappa shape index (κ2) is 10.4. The minimum atomic E-state index is -0.322. The zero-order valence-corrected chi connectivity index (χ0v) is 19.7. The quantitative estimate of drug-likeness (QED) is 0.412. The number of carbonyl (C=O) groups is 1. The Morgan fingerprint density at radius 1 is 1.11 bits per heavy atom. The fraction of sp³-hybridized carbons (Fsp3) is 0.346. The average Bonchev–Trinajstić information content (AvgIpc) is 3.51. The molecule has 9 heteroatoms. The van der Waals surface area contributed by atoms with E-state index in [9.17, 15) is 9.18 Å². The first-order valence-electron chi connectivity index (χ1n) is 11.8. The van der Waals surface area contributed by atoms with Crippen molar-refractivity contribution < 1.29 is 18.4 Å². The molecule has 0 radical (unpaired) electrons. The molecular weight excluding hydrogens is 449 g/mol. The van der Waals surface area contributed by atoms with Crippen LogP contribution in [0.3, 0.4) is 0 Å².